The minimum absolute atomic E-state index is 0.0203. The zero-order valence-electron chi connectivity index (χ0n) is 23.9. The number of ether oxygens (including phenoxy) is 1. The van der Waals surface area contributed by atoms with Crippen LogP contribution in [0.5, 0.6) is 6.01 Å². The number of nitrogens with zero attached hydrogens (tertiary/aromatic N) is 4. The Morgan fingerprint density at radius 3 is 2.36 bits per heavy atom. The van der Waals surface area contributed by atoms with Crippen molar-refractivity contribution in [2.24, 2.45) is 11.7 Å². The number of rotatable bonds is 10. The molecular formula is C29H30ClF3N8O4. The number of halogens is 4. The predicted octanol–water partition coefficient (Wildman–Crippen LogP) is 3.76. The summed E-state index contributed by atoms with van der Waals surface area (Å²) >= 11 is 6.01. The zero-order valence-corrected chi connectivity index (χ0v) is 24.6. The average molecular weight is 647 g/mol. The molecule has 1 aliphatic carbocycles. The van der Waals surface area contributed by atoms with Gasteiger partial charge in [-0.2, -0.15) is 28.1 Å². The molecule has 1 saturated heterocycles. The van der Waals surface area contributed by atoms with Gasteiger partial charge >= 0.3 is 24.0 Å². The molecule has 16 heteroatoms. The Labute approximate surface area is 260 Å². The van der Waals surface area contributed by atoms with Gasteiger partial charge in [-0.25, -0.2) is 0 Å². The van der Waals surface area contributed by atoms with Crippen molar-refractivity contribution in [1.29, 1.82) is 0 Å². The van der Waals surface area contributed by atoms with Crippen molar-refractivity contribution >= 4 is 46.9 Å². The molecule has 238 valence electrons. The van der Waals surface area contributed by atoms with Crippen LogP contribution in [-0.4, -0.2) is 70.0 Å². The van der Waals surface area contributed by atoms with Gasteiger partial charge in [-0.05, 0) is 73.6 Å². The van der Waals surface area contributed by atoms with Crippen molar-refractivity contribution in [3.05, 3.63) is 64.7 Å². The highest BCUT2D eigenvalue weighted by molar-refractivity contribution is 6.34. The van der Waals surface area contributed by atoms with Gasteiger partial charge < -0.3 is 31.3 Å². The molecule has 2 fully saturated rings. The monoisotopic (exact) mass is 646 g/mol. The molecule has 12 nitrogen and oxygen atoms in total. The van der Waals surface area contributed by atoms with Crippen molar-refractivity contribution in [3.63, 3.8) is 0 Å². The van der Waals surface area contributed by atoms with E-state index in [2.05, 4.69) is 30.9 Å². The van der Waals surface area contributed by atoms with Gasteiger partial charge in [0.25, 0.3) is 5.91 Å². The van der Waals surface area contributed by atoms with E-state index in [1.165, 1.54) is 4.90 Å². The van der Waals surface area contributed by atoms with E-state index in [4.69, 9.17) is 22.1 Å². The lowest BCUT2D eigenvalue weighted by atomic mass is 9.97. The second kappa shape index (κ2) is 13.1. The summed E-state index contributed by atoms with van der Waals surface area (Å²) in [6.45, 7) is -0.510. The Kier molecular flexibility index (Phi) is 9.27. The zero-order chi connectivity index (χ0) is 32.2. The van der Waals surface area contributed by atoms with E-state index in [9.17, 15) is 27.6 Å². The number of anilines is 3. The number of likely N-dealkylation sites (tertiary alicyclic amines) is 1. The fraction of sp³-hybridized carbons (Fsp3) is 0.379. The second-order valence-electron chi connectivity index (χ2n) is 10.9. The van der Waals surface area contributed by atoms with Crippen molar-refractivity contribution in [2.75, 3.05) is 36.9 Å². The molecular weight excluding hydrogens is 617 g/mol. The number of alkyl halides is 3. The van der Waals surface area contributed by atoms with Crippen molar-refractivity contribution in [1.82, 2.24) is 25.2 Å². The van der Waals surface area contributed by atoms with Gasteiger partial charge in [-0.15, -0.1) is 0 Å². The topological polar surface area (TPSA) is 164 Å². The van der Waals surface area contributed by atoms with Crippen LogP contribution in [0.1, 0.15) is 41.6 Å². The number of nitrogens with one attached hydrogen (secondary N) is 3. The maximum Gasteiger partial charge on any atom is 0.422 e. The second-order valence-corrected chi connectivity index (χ2v) is 11.4. The fourth-order valence-corrected chi connectivity index (χ4v) is 5.14. The standard InChI is InChI=1S/C29H30ClF3N8O4/c30-20-7-5-19(6-8-20)28(11-12-28)40-26-37-25(38-27(39-26)45-16-29(31,32)33)36-21-9-3-18(4-10-21)23(43)35-14-17-2-1-13-41(15-17)24(44)22(34)42/h3-10,17H,1-2,11-16H2,(H2,34,42)(H,35,43)(H2,36,37,38,39,40). The van der Waals surface area contributed by atoms with E-state index >= 15 is 0 Å². The highest BCUT2D eigenvalue weighted by atomic mass is 35.5. The number of benzene rings is 2. The molecule has 2 aromatic carbocycles. The maximum atomic E-state index is 12.9. The van der Waals surface area contributed by atoms with Gasteiger partial charge in [0.1, 0.15) is 0 Å². The average Bonchev–Trinajstić information content (AvgIpc) is 3.79. The van der Waals surface area contributed by atoms with E-state index in [1.54, 1.807) is 36.4 Å². The first kappa shape index (κ1) is 31.8. The molecule has 1 aromatic heterocycles. The lowest BCUT2D eigenvalue weighted by Gasteiger charge is -2.32. The number of aromatic nitrogens is 3. The predicted molar refractivity (Wildman–Crippen MR) is 158 cm³/mol. The Morgan fingerprint density at radius 2 is 1.71 bits per heavy atom. The van der Waals surface area contributed by atoms with Crippen LogP contribution in [0.25, 0.3) is 0 Å². The summed E-state index contributed by atoms with van der Waals surface area (Å²) in [5.41, 5.74) is 6.32. The number of nitrogens with two attached hydrogens (primary N) is 1. The van der Waals surface area contributed by atoms with Crippen LogP contribution in [0.15, 0.2) is 48.5 Å². The molecule has 45 heavy (non-hydrogen) atoms. The molecule has 0 spiro atoms. The van der Waals surface area contributed by atoms with Crippen LogP contribution in [0.4, 0.5) is 30.8 Å². The Balaban J connectivity index is 1.24. The van der Waals surface area contributed by atoms with Crippen molar-refractivity contribution in [3.8, 4) is 6.01 Å². The van der Waals surface area contributed by atoms with Gasteiger partial charge in [0.2, 0.25) is 11.9 Å². The lowest BCUT2D eigenvalue weighted by molar-refractivity contribution is -0.154. The van der Waals surface area contributed by atoms with E-state index in [-0.39, 0.29) is 23.7 Å². The number of carbonyl (C=O) groups is 3. The number of piperidine rings is 1. The number of hydrogen-bond donors (Lipinski definition) is 4. The van der Waals surface area contributed by atoms with E-state index in [1.807, 2.05) is 12.1 Å². The Hall–Kier alpha value is -4.66. The molecule has 5 N–H and O–H groups in total. The fourth-order valence-electron chi connectivity index (χ4n) is 5.02. The van der Waals surface area contributed by atoms with E-state index < -0.39 is 36.1 Å². The molecule has 1 aliphatic heterocycles. The van der Waals surface area contributed by atoms with Gasteiger partial charge in [0.15, 0.2) is 6.61 Å². The van der Waals surface area contributed by atoms with E-state index in [0.29, 0.717) is 42.3 Å². The Bertz CT molecular complexity index is 1550. The van der Waals surface area contributed by atoms with Crippen LogP contribution in [0, 0.1) is 5.92 Å². The number of hydrogen-bond acceptors (Lipinski definition) is 9. The highest BCUT2D eigenvalue weighted by Gasteiger charge is 2.45. The third-order valence-corrected chi connectivity index (χ3v) is 7.70. The molecule has 3 amide bonds. The van der Waals surface area contributed by atoms with Crippen LogP contribution < -0.4 is 26.4 Å². The molecule has 0 radical (unpaired) electrons. The van der Waals surface area contributed by atoms with Crippen LogP contribution in [-0.2, 0) is 15.1 Å². The van der Waals surface area contributed by atoms with E-state index in [0.717, 1.165) is 24.8 Å². The smallest absolute Gasteiger partial charge is 0.422 e. The van der Waals surface area contributed by atoms with Crippen LogP contribution >= 0.6 is 11.6 Å². The lowest BCUT2D eigenvalue weighted by Crippen LogP contribution is -2.47. The molecule has 3 aromatic rings. The normalized spacial score (nSPS) is 17.2. The largest absolute Gasteiger partial charge is 0.454 e. The quantitative estimate of drug-likeness (QED) is 0.240. The molecule has 0 bridgehead atoms. The molecule has 2 aliphatic rings. The molecule has 5 rings (SSSR count). The highest BCUT2D eigenvalue weighted by Crippen LogP contribution is 2.48. The van der Waals surface area contributed by atoms with Gasteiger partial charge in [-0.3, -0.25) is 14.4 Å². The maximum absolute atomic E-state index is 12.9. The van der Waals surface area contributed by atoms with Crippen molar-refractivity contribution in [2.45, 2.75) is 37.4 Å². The first-order valence-electron chi connectivity index (χ1n) is 14.1. The van der Waals surface area contributed by atoms with Gasteiger partial charge in [0, 0.05) is 35.9 Å². The molecule has 1 atom stereocenters. The first-order valence-corrected chi connectivity index (χ1v) is 14.5. The van der Waals surface area contributed by atoms with Gasteiger partial charge in [0.05, 0.1) is 5.54 Å². The minimum Gasteiger partial charge on any atom is -0.454 e. The molecule has 1 unspecified atom stereocenters. The summed E-state index contributed by atoms with van der Waals surface area (Å²) < 4.78 is 43.4. The van der Waals surface area contributed by atoms with Gasteiger partial charge in [-0.1, -0.05) is 23.7 Å². The summed E-state index contributed by atoms with van der Waals surface area (Å²) in [4.78, 5) is 49.6. The van der Waals surface area contributed by atoms with Crippen molar-refractivity contribution < 1.29 is 32.3 Å². The minimum atomic E-state index is -4.59. The third kappa shape index (κ3) is 8.50. The molecule has 2 heterocycles. The van der Waals surface area contributed by atoms with Crippen LogP contribution in [0.2, 0.25) is 5.02 Å². The van der Waals surface area contributed by atoms with Crippen LogP contribution in [0.3, 0.4) is 0 Å². The first-order chi connectivity index (χ1) is 21.4. The summed E-state index contributed by atoms with van der Waals surface area (Å²) in [6.07, 6.45) is -1.63. The SMILES string of the molecule is NC(=O)C(=O)N1CCCC(CNC(=O)c2ccc(Nc3nc(NC4(c5ccc(Cl)cc5)CC4)nc(OCC(F)(F)F)n3)cc2)C1. The summed E-state index contributed by atoms with van der Waals surface area (Å²) in [5, 5.41) is 9.54. The number of carbonyl (C=O) groups excluding carboxylic acids is 3. The third-order valence-electron chi connectivity index (χ3n) is 7.45. The number of primary amides is 1. The summed E-state index contributed by atoms with van der Waals surface area (Å²) in [5.74, 6) is -2.16. The summed E-state index contributed by atoms with van der Waals surface area (Å²) in [7, 11) is 0. The number of amides is 3. The Morgan fingerprint density at radius 1 is 1.02 bits per heavy atom. The molecule has 1 saturated carbocycles. The summed E-state index contributed by atoms with van der Waals surface area (Å²) in [6, 6.07) is 13.0.